The van der Waals surface area contributed by atoms with Crippen molar-refractivity contribution in [2.24, 2.45) is 0 Å². The minimum atomic E-state index is -6.44. The van der Waals surface area contributed by atoms with Crippen LogP contribution in [0.25, 0.3) is 0 Å². The van der Waals surface area contributed by atoms with Crippen molar-refractivity contribution in [1.82, 2.24) is 0 Å². The predicted octanol–water partition coefficient (Wildman–Crippen LogP) is 7.34. The van der Waals surface area contributed by atoms with E-state index in [0.717, 1.165) is 25.7 Å². The largest absolute Gasteiger partial charge is 0.466 e. The van der Waals surface area contributed by atoms with Crippen LogP contribution in [0.5, 0.6) is 0 Å². The fourth-order valence-corrected chi connectivity index (χ4v) is 2.94. The van der Waals surface area contributed by atoms with Crippen LogP contribution in [0.1, 0.15) is 90.4 Å². The zero-order chi connectivity index (χ0) is 26.3. The third kappa shape index (κ3) is 11.7. The number of esters is 2. The highest BCUT2D eigenvalue weighted by molar-refractivity contribution is 5.72. The van der Waals surface area contributed by atoms with Gasteiger partial charge in [0.05, 0.1) is 6.61 Å². The third-order valence-electron chi connectivity index (χ3n) is 5.09. The molecule has 0 saturated carbocycles. The van der Waals surface area contributed by atoms with Gasteiger partial charge in [0.1, 0.15) is 0 Å². The molecule has 0 heterocycles. The Kier molecular flexibility index (Phi) is 15.4. The highest BCUT2D eigenvalue weighted by Crippen LogP contribution is 2.48. The number of hydrogen-bond donors (Lipinski definition) is 0. The molecule has 0 saturated heterocycles. The fraction of sp³-hybridized carbons (Fsp3) is 0.909. The zero-order valence-corrected chi connectivity index (χ0v) is 19.3. The molecule has 0 fully saturated rings. The monoisotopic (exact) mass is 514 g/mol. The molecule has 0 atom stereocenters. The summed E-state index contributed by atoms with van der Waals surface area (Å²) >= 11 is 0. The Morgan fingerprint density at radius 3 is 1.59 bits per heavy atom. The molecular formula is C22H34F8O4. The van der Waals surface area contributed by atoms with E-state index in [9.17, 15) is 44.7 Å². The molecule has 0 unspecified atom stereocenters. The van der Waals surface area contributed by atoms with E-state index in [4.69, 9.17) is 4.74 Å². The molecule has 4 nitrogen and oxygen atoms in total. The molecule has 0 bridgehead atoms. The molecular weight excluding hydrogens is 480 g/mol. The molecule has 0 radical (unpaired) electrons. The SMILES string of the molecule is CCCCCCCCCCCCOC(=O)CCCC(=O)OCC(F)(F)C(F)(F)C(F)(F)C(F)F. The number of alkyl halides is 8. The summed E-state index contributed by atoms with van der Waals surface area (Å²) in [6.07, 6.45) is 4.81. The lowest BCUT2D eigenvalue weighted by molar-refractivity contribution is -0.344. The smallest absolute Gasteiger partial charge is 0.381 e. The second-order valence-corrected chi connectivity index (χ2v) is 8.12. The Balaban J connectivity index is 3.94. The lowest BCUT2D eigenvalue weighted by Gasteiger charge is -2.31. The van der Waals surface area contributed by atoms with Gasteiger partial charge in [0.25, 0.3) is 0 Å². The van der Waals surface area contributed by atoms with Gasteiger partial charge in [0.2, 0.25) is 0 Å². The maximum absolute atomic E-state index is 13.3. The summed E-state index contributed by atoms with van der Waals surface area (Å²) in [6, 6.07) is 0. The molecule has 202 valence electrons. The van der Waals surface area contributed by atoms with Crippen LogP contribution in [0.2, 0.25) is 0 Å². The first-order chi connectivity index (χ1) is 15.8. The number of carbonyl (C=O) groups excluding carboxylic acids is 2. The maximum atomic E-state index is 13.3. The Morgan fingerprint density at radius 2 is 1.12 bits per heavy atom. The van der Waals surface area contributed by atoms with Crippen LogP contribution in [0.15, 0.2) is 0 Å². The molecule has 0 aromatic carbocycles. The maximum Gasteiger partial charge on any atom is 0.381 e. The predicted molar refractivity (Wildman–Crippen MR) is 108 cm³/mol. The molecule has 0 aromatic rings. The first-order valence-corrected chi connectivity index (χ1v) is 11.5. The summed E-state index contributed by atoms with van der Waals surface area (Å²) in [5.74, 6) is -20.6. The Labute approximate surface area is 194 Å². The lowest BCUT2D eigenvalue weighted by atomic mass is 10.1. The van der Waals surface area contributed by atoms with Crippen molar-refractivity contribution in [3.63, 3.8) is 0 Å². The first-order valence-electron chi connectivity index (χ1n) is 11.5. The topological polar surface area (TPSA) is 52.6 Å². The number of rotatable bonds is 20. The number of carbonyl (C=O) groups is 2. The van der Waals surface area contributed by atoms with Crippen molar-refractivity contribution in [3.05, 3.63) is 0 Å². The highest BCUT2D eigenvalue weighted by Gasteiger charge is 2.75. The van der Waals surface area contributed by atoms with Crippen molar-refractivity contribution >= 4 is 11.9 Å². The molecule has 0 N–H and O–H groups in total. The number of hydrogen-bond acceptors (Lipinski definition) is 4. The van der Waals surface area contributed by atoms with E-state index < -0.39 is 49.2 Å². The third-order valence-corrected chi connectivity index (χ3v) is 5.09. The minimum absolute atomic E-state index is 0.180. The average molecular weight is 514 g/mol. The van der Waals surface area contributed by atoms with Crippen molar-refractivity contribution in [3.8, 4) is 0 Å². The minimum Gasteiger partial charge on any atom is -0.466 e. The normalized spacial score (nSPS) is 12.8. The van der Waals surface area contributed by atoms with Gasteiger partial charge < -0.3 is 9.47 Å². The molecule has 0 rings (SSSR count). The fourth-order valence-electron chi connectivity index (χ4n) is 2.94. The van der Waals surface area contributed by atoms with Crippen molar-refractivity contribution < 1.29 is 54.2 Å². The molecule has 12 heteroatoms. The quantitative estimate of drug-likeness (QED) is 0.0970. The van der Waals surface area contributed by atoms with E-state index in [1.165, 1.54) is 32.1 Å². The highest BCUT2D eigenvalue weighted by atomic mass is 19.4. The summed E-state index contributed by atoms with van der Waals surface area (Å²) in [7, 11) is 0. The van der Waals surface area contributed by atoms with Crippen LogP contribution < -0.4 is 0 Å². The van der Waals surface area contributed by atoms with Crippen LogP contribution in [0.3, 0.4) is 0 Å². The van der Waals surface area contributed by atoms with Gasteiger partial charge in [-0.3, -0.25) is 9.59 Å². The number of halogens is 8. The molecule has 0 aliphatic carbocycles. The van der Waals surface area contributed by atoms with Gasteiger partial charge in [-0.2, -0.15) is 26.3 Å². The second-order valence-electron chi connectivity index (χ2n) is 8.12. The Hall–Kier alpha value is -1.62. The Morgan fingerprint density at radius 1 is 0.676 bits per heavy atom. The van der Waals surface area contributed by atoms with E-state index in [-0.39, 0.29) is 19.4 Å². The van der Waals surface area contributed by atoms with Crippen LogP contribution >= 0.6 is 0 Å². The molecule has 0 amide bonds. The molecule has 0 spiro atoms. The number of unbranched alkanes of at least 4 members (excludes halogenated alkanes) is 9. The van der Waals surface area contributed by atoms with Crippen LogP contribution in [-0.4, -0.2) is 49.3 Å². The van der Waals surface area contributed by atoms with E-state index in [2.05, 4.69) is 11.7 Å². The molecule has 0 aliphatic heterocycles. The lowest BCUT2D eigenvalue weighted by Crippen LogP contribution is -2.59. The van der Waals surface area contributed by atoms with Crippen molar-refractivity contribution in [2.75, 3.05) is 13.2 Å². The second kappa shape index (κ2) is 16.1. The van der Waals surface area contributed by atoms with Gasteiger partial charge in [0, 0.05) is 12.8 Å². The van der Waals surface area contributed by atoms with E-state index in [1.807, 2.05) is 0 Å². The van der Waals surface area contributed by atoms with Gasteiger partial charge in [0.15, 0.2) is 6.61 Å². The zero-order valence-electron chi connectivity index (χ0n) is 19.3. The van der Waals surface area contributed by atoms with Crippen LogP contribution in [-0.2, 0) is 19.1 Å². The average Bonchev–Trinajstić information content (AvgIpc) is 2.75. The van der Waals surface area contributed by atoms with Crippen LogP contribution in [0, 0.1) is 0 Å². The van der Waals surface area contributed by atoms with Gasteiger partial charge in [-0.05, 0) is 12.8 Å². The summed E-state index contributed by atoms with van der Waals surface area (Å²) in [5, 5.41) is 0. The van der Waals surface area contributed by atoms with Gasteiger partial charge in [-0.15, -0.1) is 0 Å². The van der Waals surface area contributed by atoms with Gasteiger partial charge in [-0.25, -0.2) is 8.78 Å². The van der Waals surface area contributed by atoms with Gasteiger partial charge in [-0.1, -0.05) is 64.7 Å². The van der Waals surface area contributed by atoms with Crippen molar-refractivity contribution in [1.29, 1.82) is 0 Å². The van der Waals surface area contributed by atoms with Crippen LogP contribution in [0.4, 0.5) is 35.1 Å². The molecule has 0 aromatic heterocycles. The van der Waals surface area contributed by atoms with E-state index >= 15 is 0 Å². The Bertz CT molecular complexity index is 585. The van der Waals surface area contributed by atoms with E-state index in [1.54, 1.807) is 0 Å². The molecule has 0 aliphatic rings. The molecule has 34 heavy (non-hydrogen) atoms. The summed E-state index contributed by atoms with van der Waals surface area (Å²) in [6.45, 7) is -0.168. The van der Waals surface area contributed by atoms with E-state index in [0.29, 0.717) is 6.42 Å². The summed E-state index contributed by atoms with van der Waals surface area (Å²) < 4.78 is 111. The summed E-state index contributed by atoms with van der Waals surface area (Å²) in [4.78, 5) is 22.9. The summed E-state index contributed by atoms with van der Waals surface area (Å²) in [5.41, 5.74) is 0. The standard InChI is InChI=1S/C22H34F8O4/c1-2-3-4-5-6-7-8-9-10-11-15-33-17(31)13-12-14-18(32)34-16-20(25,26)22(29,30)21(27,28)19(23)24/h19H,2-16H2,1H3. The van der Waals surface area contributed by atoms with Gasteiger partial charge >= 0.3 is 36.1 Å². The number of ether oxygens (including phenoxy) is 2. The van der Waals surface area contributed by atoms with Crippen molar-refractivity contribution in [2.45, 2.75) is 115 Å². The first kappa shape index (κ1) is 32.4.